The molecule has 5 nitrogen and oxygen atoms in total. The summed E-state index contributed by atoms with van der Waals surface area (Å²) in [5.74, 6) is 0.0527. The molecule has 0 saturated carbocycles. The number of piperidine rings is 1. The van der Waals surface area contributed by atoms with Gasteiger partial charge in [-0.15, -0.1) is 0 Å². The summed E-state index contributed by atoms with van der Waals surface area (Å²) in [6, 6.07) is -0.477. The van der Waals surface area contributed by atoms with Crippen molar-refractivity contribution in [1.29, 1.82) is 0 Å². The van der Waals surface area contributed by atoms with Crippen molar-refractivity contribution in [2.45, 2.75) is 45.2 Å². The third kappa shape index (κ3) is 3.45. The van der Waals surface area contributed by atoms with E-state index in [1.54, 1.807) is 23.9 Å². The van der Waals surface area contributed by atoms with Crippen molar-refractivity contribution in [3.8, 4) is 0 Å². The quantitative estimate of drug-likeness (QED) is 0.776. The Bertz CT molecular complexity index is 305. The van der Waals surface area contributed by atoms with Crippen LogP contribution < -0.4 is 5.32 Å². The van der Waals surface area contributed by atoms with Gasteiger partial charge in [0.25, 0.3) is 0 Å². The van der Waals surface area contributed by atoms with E-state index >= 15 is 0 Å². The fourth-order valence-electron chi connectivity index (χ4n) is 2.30. The first-order chi connectivity index (χ1) is 8.49. The van der Waals surface area contributed by atoms with Crippen LogP contribution in [-0.4, -0.2) is 60.9 Å². The maximum atomic E-state index is 12.3. The highest BCUT2D eigenvalue weighted by atomic mass is 16.2. The van der Waals surface area contributed by atoms with Crippen LogP contribution >= 0.6 is 0 Å². The average Bonchev–Trinajstić information content (AvgIpc) is 2.35. The Labute approximate surface area is 110 Å². The predicted molar refractivity (Wildman–Crippen MR) is 71.2 cm³/mol. The zero-order valence-corrected chi connectivity index (χ0v) is 11.9. The van der Waals surface area contributed by atoms with Crippen LogP contribution in [0.3, 0.4) is 0 Å². The van der Waals surface area contributed by atoms with Crippen molar-refractivity contribution < 1.29 is 9.59 Å². The van der Waals surface area contributed by atoms with E-state index in [-0.39, 0.29) is 23.9 Å². The Morgan fingerprint density at radius 3 is 2.78 bits per heavy atom. The summed E-state index contributed by atoms with van der Waals surface area (Å²) in [4.78, 5) is 27.5. The van der Waals surface area contributed by atoms with Crippen LogP contribution in [0.1, 0.15) is 33.1 Å². The predicted octanol–water partition coefficient (Wildman–Crippen LogP) is 0.454. The Balaban J connectivity index is 2.65. The molecule has 0 aromatic carbocycles. The molecule has 2 amide bonds. The molecule has 0 radical (unpaired) electrons. The van der Waals surface area contributed by atoms with Crippen LogP contribution in [0.25, 0.3) is 0 Å². The molecule has 1 aliphatic rings. The van der Waals surface area contributed by atoms with E-state index in [1.807, 2.05) is 6.92 Å². The molecule has 18 heavy (non-hydrogen) atoms. The molecule has 1 aliphatic heterocycles. The molecule has 0 aliphatic carbocycles. The van der Waals surface area contributed by atoms with Crippen molar-refractivity contribution in [2.24, 2.45) is 0 Å². The topological polar surface area (TPSA) is 52.7 Å². The number of carbonyl (C=O) groups excluding carboxylic acids is 2. The standard InChI is InChI=1S/C13H25N3O2/c1-5-8-14-11-7-6-9-16(13(11)18)10(2)12(17)15(3)4/h10-11,14H,5-9H2,1-4H3. The summed E-state index contributed by atoms with van der Waals surface area (Å²) >= 11 is 0. The molecule has 1 saturated heterocycles. The first-order valence-electron chi connectivity index (χ1n) is 6.74. The van der Waals surface area contributed by atoms with Gasteiger partial charge in [0, 0.05) is 20.6 Å². The number of amides is 2. The van der Waals surface area contributed by atoms with E-state index < -0.39 is 0 Å². The molecule has 2 atom stereocenters. The second-order valence-electron chi connectivity index (χ2n) is 5.09. The third-order valence-corrected chi connectivity index (χ3v) is 3.38. The van der Waals surface area contributed by atoms with Crippen LogP contribution in [-0.2, 0) is 9.59 Å². The lowest BCUT2D eigenvalue weighted by Crippen LogP contribution is -2.56. The minimum atomic E-state index is -0.362. The number of likely N-dealkylation sites (N-methyl/N-ethyl adjacent to an activating group) is 1. The lowest BCUT2D eigenvalue weighted by Gasteiger charge is -2.37. The van der Waals surface area contributed by atoms with Gasteiger partial charge in [-0.25, -0.2) is 0 Å². The van der Waals surface area contributed by atoms with E-state index in [2.05, 4.69) is 12.2 Å². The Morgan fingerprint density at radius 1 is 1.56 bits per heavy atom. The van der Waals surface area contributed by atoms with E-state index in [0.717, 1.165) is 25.8 Å². The van der Waals surface area contributed by atoms with E-state index in [9.17, 15) is 9.59 Å². The SMILES string of the molecule is CCCNC1CCCN(C(C)C(=O)N(C)C)C1=O. The van der Waals surface area contributed by atoms with Gasteiger partial charge in [0.15, 0.2) is 0 Å². The summed E-state index contributed by atoms with van der Waals surface area (Å²) in [7, 11) is 3.44. The smallest absolute Gasteiger partial charge is 0.244 e. The number of hydrogen-bond acceptors (Lipinski definition) is 3. The fraction of sp³-hybridized carbons (Fsp3) is 0.846. The van der Waals surface area contributed by atoms with E-state index in [0.29, 0.717) is 6.54 Å². The van der Waals surface area contributed by atoms with Gasteiger partial charge in [-0.3, -0.25) is 9.59 Å². The van der Waals surface area contributed by atoms with Crippen molar-refractivity contribution in [3.63, 3.8) is 0 Å². The summed E-state index contributed by atoms with van der Waals surface area (Å²) in [6.45, 7) is 5.42. The highest BCUT2D eigenvalue weighted by Gasteiger charge is 2.34. The summed E-state index contributed by atoms with van der Waals surface area (Å²) in [6.07, 6.45) is 2.84. The van der Waals surface area contributed by atoms with Gasteiger partial charge in [0.2, 0.25) is 11.8 Å². The van der Waals surface area contributed by atoms with Crippen LogP contribution in [0.2, 0.25) is 0 Å². The lowest BCUT2D eigenvalue weighted by atomic mass is 10.0. The molecule has 2 unspecified atom stereocenters. The molecule has 0 aromatic rings. The molecule has 1 heterocycles. The molecular weight excluding hydrogens is 230 g/mol. The molecule has 1 N–H and O–H groups in total. The average molecular weight is 255 g/mol. The molecule has 104 valence electrons. The number of carbonyl (C=O) groups is 2. The van der Waals surface area contributed by atoms with Gasteiger partial charge < -0.3 is 15.1 Å². The van der Waals surface area contributed by atoms with E-state index in [1.165, 1.54) is 0 Å². The summed E-state index contributed by atoms with van der Waals surface area (Å²) < 4.78 is 0. The second kappa shape index (κ2) is 6.73. The third-order valence-electron chi connectivity index (χ3n) is 3.38. The lowest BCUT2D eigenvalue weighted by molar-refractivity contribution is -0.146. The van der Waals surface area contributed by atoms with Crippen molar-refractivity contribution >= 4 is 11.8 Å². The number of nitrogens with zero attached hydrogens (tertiary/aromatic N) is 2. The normalized spacial score (nSPS) is 21.9. The number of hydrogen-bond donors (Lipinski definition) is 1. The fourth-order valence-corrected chi connectivity index (χ4v) is 2.30. The van der Waals surface area contributed by atoms with Gasteiger partial charge in [-0.2, -0.15) is 0 Å². The molecule has 5 heteroatoms. The summed E-state index contributed by atoms with van der Waals surface area (Å²) in [5.41, 5.74) is 0. The maximum Gasteiger partial charge on any atom is 0.244 e. The Hall–Kier alpha value is -1.10. The van der Waals surface area contributed by atoms with Crippen LogP contribution in [0, 0.1) is 0 Å². The van der Waals surface area contributed by atoms with Gasteiger partial charge in [0.1, 0.15) is 6.04 Å². The number of nitrogens with one attached hydrogen (secondary N) is 1. The monoisotopic (exact) mass is 255 g/mol. The van der Waals surface area contributed by atoms with Gasteiger partial charge in [-0.05, 0) is 32.7 Å². The van der Waals surface area contributed by atoms with Crippen LogP contribution in [0.5, 0.6) is 0 Å². The highest BCUT2D eigenvalue weighted by Crippen LogP contribution is 2.15. The van der Waals surface area contributed by atoms with Crippen molar-refractivity contribution in [2.75, 3.05) is 27.2 Å². The zero-order valence-electron chi connectivity index (χ0n) is 11.9. The molecular formula is C13H25N3O2. The maximum absolute atomic E-state index is 12.3. The zero-order chi connectivity index (χ0) is 13.7. The minimum absolute atomic E-state index is 0.0144. The van der Waals surface area contributed by atoms with Gasteiger partial charge >= 0.3 is 0 Å². The van der Waals surface area contributed by atoms with Gasteiger partial charge in [-0.1, -0.05) is 6.92 Å². The highest BCUT2D eigenvalue weighted by molar-refractivity contribution is 5.89. The Morgan fingerprint density at radius 2 is 2.22 bits per heavy atom. The van der Waals surface area contributed by atoms with Crippen molar-refractivity contribution in [1.82, 2.24) is 15.1 Å². The van der Waals surface area contributed by atoms with Gasteiger partial charge in [0.05, 0.1) is 6.04 Å². The molecule has 0 bridgehead atoms. The van der Waals surface area contributed by atoms with Crippen LogP contribution in [0.4, 0.5) is 0 Å². The first-order valence-corrected chi connectivity index (χ1v) is 6.74. The number of likely N-dealkylation sites (tertiary alicyclic amines) is 1. The number of rotatable bonds is 5. The van der Waals surface area contributed by atoms with Crippen LogP contribution in [0.15, 0.2) is 0 Å². The molecule has 1 rings (SSSR count). The Kier molecular flexibility index (Phi) is 5.59. The minimum Gasteiger partial charge on any atom is -0.347 e. The van der Waals surface area contributed by atoms with Crippen molar-refractivity contribution in [3.05, 3.63) is 0 Å². The summed E-state index contributed by atoms with van der Waals surface area (Å²) in [5, 5.41) is 3.26. The van der Waals surface area contributed by atoms with E-state index in [4.69, 9.17) is 0 Å². The first kappa shape index (κ1) is 15.0. The largest absolute Gasteiger partial charge is 0.347 e. The molecule has 0 aromatic heterocycles. The second-order valence-corrected chi connectivity index (χ2v) is 5.09. The molecule has 1 fully saturated rings. The molecule has 0 spiro atoms.